The summed E-state index contributed by atoms with van der Waals surface area (Å²) >= 11 is 0. The smallest absolute Gasteiger partial charge is 0.338 e. The Morgan fingerprint density at radius 2 is 1.88 bits per heavy atom. The van der Waals surface area contributed by atoms with Crippen LogP contribution in [-0.2, 0) is 6.42 Å². The summed E-state index contributed by atoms with van der Waals surface area (Å²) in [6.07, 6.45) is 3.88. The van der Waals surface area contributed by atoms with Crippen molar-refractivity contribution in [2.75, 3.05) is 0 Å². The molecular weight excluding hydrogens is 221 g/mol. The number of aromatic nitrogens is 1. The predicted octanol–water partition coefficient (Wildman–Crippen LogP) is 2.51. The summed E-state index contributed by atoms with van der Waals surface area (Å²) in [5, 5.41) is 8.70. The van der Waals surface area contributed by atoms with Crippen LogP contribution in [0.2, 0.25) is 0 Å². The van der Waals surface area contributed by atoms with Crippen molar-refractivity contribution in [3.8, 4) is 0 Å². The van der Waals surface area contributed by atoms with Crippen LogP contribution in [0, 0.1) is 5.82 Å². The normalized spacial score (nSPS) is 10.2. The number of benzene rings is 1. The minimum Gasteiger partial charge on any atom is -0.478 e. The van der Waals surface area contributed by atoms with Crippen LogP contribution >= 0.6 is 0 Å². The van der Waals surface area contributed by atoms with Crippen molar-refractivity contribution in [3.63, 3.8) is 0 Å². The van der Waals surface area contributed by atoms with E-state index in [1.165, 1.54) is 12.1 Å². The van der Waals surface area contributed by atoms with Gasteiger partial charge in [-0.05, 0) is 41.8 Å². The Bertz CT molecular complexity index is 540. The van der Waals surface area contributed by atoms with E-state index in [4.69, 9.17) is 5.11 Å². The summed E-state index contributed by atoms with van der Waals surface area (Å²) in [5.74, 6) is -1.96. The van der Waals surface area contributed by atoms with Crippen LogP contribution in [0.3, 0.4) is 0 Å². The molecule has 1 N–H and O–H groups in total. The number of rotatable bonds is 3. The van der Waals surface area contributed by atoms with Gasteiger partial charge in [-0.1, -0.05) is 6.07 Å². The number of carbonyl (C=O) groups is 1. The second-order valence-electron chi connectivity index (χ2n) is 3.65. The van der Waals surface area contributed by atoms with Gasteiger partial charge in [-0.3, -0.25) is 4.98 Å². The van der Waals surface area contributed by atoms with Crippen LogP contribution < -0.4 is 0 Å². The Morgan fingerprint density at radius 1 is 1.18 bits per heavy atom. The maximum atomic E-state index is 13.4. The molecule has 0 unspecified atom stereocenters. The molecule has 0 atom stereocenters. The van der Waals surface area contributed by atoms with Crippen molar-refractivity contribution in [2.24, 2.45) is 0 Å². The molecule has 0 bridgehead atoms. The highest BCUT2D eigenvalue weighted by molar-refractivity contribution is 5.87. The lowest BCUT2D eigenvalue weighted by Gasteiger charge is -2.03. The zero-order chi connectivity index (χ0) is 12.3. The summed E-state index contributed by atoms with van der Waals surface area (Å²) in [7, 11) is 0. The molecular formula is C13H10FNO2. The predicted molar refractivity (Wildman–Crippen MR) is 60.4 cm³/mol. The first kappa shape index (κ1) is 11.3. The third-order valence-electron chi connectivity index (χ3n) is 2.42. The van der Waals surface area contributed by atoms with E-state index in [1.807, 2.05) is 12.1 Å². The van der Waals surface area contributed by atoms with Crippen LogP contribution in [0.5, 0.6) is 0 Å². The first-order chi connectivity index (χ1) is 8.16. The van der Waals surface area contributed by atoms with Crippen molar-refractivity contribution in [2.45, 2.75) is 6.42 Å². The highest BCUT2D eigenvalue weighted by Gasteiger charge is 2.10. The highest BCUT2D eigenvalue weighted by Crippen LogP contribution is 2.14. The van der Waals surface area contributed by atoms with Gasteiger partial charge in [0.15, 0.2) is 0 Å². The van der Waals surface area contributed by atoms with Gasteiger partial charge in [0.25, 0.3) is 0 Å². The first-order valence-electron chi connectivity index (χ1n) is 5.07. The quantitative estimate of drug-likeness (QED) is 0.882. The van der Waals surface area contributed by atoms with Gasteiger partial charge in [-0.2, -0.15) is 0 Å². The molecule has 2 rings (SSSR count). The molecule has 86 valence electrons. The lowest BCUT2D eigenvalue weighted by atomic mass is 10.0. The van der Waals surface area contributed by atoms with Gasteiger partial charge in [0.2, 0.25) is 0 Å². The van der Waals surface area contributed by atoms with Crippen LogP contribution in [0.1, 0.15) is 21.5 Å². The highest BCUT2D eigenvalue weighted by atomic mass is 19.1. The number of carboxylic acids is 1. The summed E-state index contributed by atoms with van der Waals surface area (Å²) in [4.78, 5) is 14.5. The second kappa shape index (κ2) is 4.74. The average molecular weight is 231 g/mol. The minimum absolute atomic E-state index is 0.302. The third kappa shape index (κ3) is 2.66. The number of hydrogen-bond acceptors (Lipinski definition) is 2. The zero-order valence-corrected chi connectivity index (χ0v) is 8.93. The molecule has 0 saturated carbocycles. The topological polar surface area (TPSA) is 50.2 Å². The van der Waals surface area contributed by atoms with Gasteiger partial charge in [-0.25, -0.2) is 9.18 Å². The van der Waals surface area contributed by atoms with Crippen LogP contribution in [0.25, 0.3) is 0 Å². The summed E-state index contributed by atoms with van der Waals surface area (Å²) in [6.45, 7) is 0. The number of pyridine rings is 1. The summed E-state index contributed by atoms with van der Waals surface area (Å²) in [6, 6.07) is 7.83. The number of nitrogens with zero attached hydrogens (tertiary/aromatic N) is 1. The van der Waals surface area contributed by atoms with Gasteiger partial charge >= 0.3 is 5.97 Å². The van der Waals surface area contributed by atoms with E-state index in [-0.39, 0.29) is 5.56 Å². The van der Waals surface area contributed by atoms with E-state index in [1.54, 1.807) is 18.5 Å². The average Bonchev–Trinajstić information content (AvgIpc) is 2.30. The molecule has 1 aromatic carbocycles. The lowest BCUT2D eigenvalue weighted by Crippen LogP contribution is -2.01. The molecule has 0 aliphatic rings. The molecule has 0 aliphatic heterocycles. The number of halogens is 1. The standard InChI is InChI=1S/C13H10FNO2/c14-12-8-10(1-2-11(12)13(16)17)7-9-3-5-15-6-4-9/h1-6,8H,7H2,(H,16,17). The molecule has 0 aliphatic carbocycles. The fourth-order valence-corrected chi connectivity index (χ4v) is 1.58. The Morgan fingerprint density at radius 3 is 2.47 bits per heavy atom. The fraction of sp³-hybridized carbons (Fsp3) is 0.0769. The van der Waals surface area contributed by atoms with Crippen LogP contribution in [-0.4, -0.2) is 16.1 Å². The zero-order valence-electron chi connectivity index (χ0n) is 8.93. The molecule has 1 aromatic heterocycles. The SMILES string of the molecule is O=C(O)c1ccc(Cc2ccncc2)cc1F. The van der Waals surface area contributed by atoms with Crippen molar-refractivity contribution in [3.05, 3.63) is 65.2 Å². The molecule has 4 heteroatoms. The van der Waals surface area contributed by atoms with Gasteiger partial charge in [0.05, 0.1) is 5.56 Å². The van der Waals surface area contributed by atoms with E-state index >= 15 is 0 Å². The summed E-state index contributed by atoms with van der Waals surface area (Å²) < 4.78 is 13.4. The third-order valence-corrected chi connectivity index (χ3v) is 2.42. The van der Waals surface area contributed by atoms with E-state index in [0.29, 0.717) is 6.42 Å². The second-order valence-corrected chi connectivity index (χ2v) is 3.65. The Kier molecular flexibility index (Phi) is 3.14. The van der Waals surface area contributed by atoms with Crippen LogP contribution in [0.15, 0.2) is 42.7 Å². The van der Waals surface area contributed by atoms with Gasteiger partial charge < -0.3 is 5.11 Å². The molecule has 0 saturated heterocycles. The number of aromatic carboxylic acids is 1. The molecule has 0 fully saturated rings. The largest absolute Gasteiger partial charge is 0.478 e. The molecule has 0 radical (unpaired) electrons. The molecule has 17 heavy (non-hydrogen) atoms. The Balaban J connectivity index is 2.24. The number of carboxylic acid groups (broad SMARTS) is 1. The van der Waals surface area contributed by atoms with Crippen LogP contribution in [0.4, 0.5) is 4.39 Å². The fourth-order valence-electron chi connectivity index (χ4n) is 1.58. The van der Waals surface area contributed by atoms with E-state index in [2.05, 4.69) is 4.98 Å². The number of hydrogen-bond donors (Lipinski definition) is 1. The Hall–Kier alpha value is -2.23. The molecule has 0 amide bonds. The van der Waals surface area contributed by atoms with Crippen molar-refractivity contribution >= 4 is 5.97 Å². The van der Waals surface area contributed by atoms with Crippen molar-refractivity contribution in [1.29, 1.82) is 0 Å². The molecule has 0 spiro atoms. The monoisotopic (exact) mass is 231 g/mol. The van der Waals surface area contributed by atoms with Gasteiger partial charge in [0, 0.05) is 12.4 Å². The summed E-state index contributed by atoms with van der Waals surface area (Å²) in [5.41, 5.74) is 1.43. The molecule has 2 aromatic rings. The molecule has 3 nitrogen and oxygen atoms in total. The van der Waals surface area contributed by atoms with Gasteiger partial charge in [-0.15, -0.1) is 0 Å². The van der Waals surface area contributed by atoms with E-state index < -0.39 is 11.8 Å². The minimum atomic E-state index is -1.25. The molecule has 1 heterocycles. The maximum absolute atomic E-state index is 13.4. The lowest BCUT2D eigenvalue weighted by molar-refractivity contribution is 0.0692. The first-order valence-corrected chi connectivity index (χ1v) is 5.07. The maximum Gasteiger partial charge on any atom is 0.338 e. The Labute approximate surface area is 97.6 Å². The van der Waals surface area contributed by atoms with E-state index in [9.17, 15) is 9.18 Å². The van der Waals surface area contributed by atoms with Crippen molar-refractivity contribution < 1.29 is 14.3 Å². The van der Waals surface area contributed by atoms with Crippen molar-refractivity contribution in [1.82, 2.24) is 4.98 Å². The van der Waals surface area contributed by atoms with E-state index in [0.717, 1.165) is 11.1 Å². The van der Waals surface area contributed by atoms with Gasteiger partial charge in [0.1, 0.15) is 5.82 Å².